The Morgan fingerprint density at radius 3 is 2.30 bits per heavy atom. The molecule has 0 unspecified atom stereocenters. The largest absolute Gasteiger partial charge is 0.425 e. The van der Waals surface area contributed by atoms with Gasteiger partial charge in [0.25, 0.3) is 5.56 Å². The molecule has 172 valence electrons. The van der Waals surface area contributed by atoms with Crippen LogP contribution >= 0.6 is 0 Å². The van der Waals surface area contributed by atoms with Crippen LogP contribution in [0.2, 0.25) is 0 Å². The maximum absolute atomic E-state index is 13.4. The molecule has 0 amide bonds. The smallest absolute Gasteiger partial charge is 0.332 e. The Kier molecular flexibility index (Phi) is 6.36. The predicted molar refractivity (Wildman–Crippen MR) is 118 cm³/mol. The number of aliphatic hydroxyl groups excluding tert-OH is 1. The number of hydrogen-bond donors (Lipinski definition) is 1. The number of ether oxygens (including phenoxy) is 1. The first-order valence-corrected chi connectivity index (χ1v) is 10.3. The van der Waals surface area contributed by atoms with Crippen molar-refractivity contribution in [2.24, 2.45) is 7.05 Å². The summed E-state index contributed by atoms with van der Waals surface area (Å²) in [7, 11) is 1.49. The Morgan fingerprint density at radius 2 is 1.67 bits per heavy atom. The molecule has 0 saturated heterocycles. The molecule has 0 spiro atoms. The van der Waals surface area contributed by atoms with Crippen molar-refractivity contribution < 1.29 is 18.6 Å². The van der Waals surface area contributed by atoms with E-state index in [2.05, 4.69) is 4.98 Å². The molecule has 33 heavy (non-hydrogen) atoms. The molecule has 2 aromatic carbocycles. The van der Waals surface area contributed by atoms with Crippen LogP contribution in [0.25, 0.3) is 11.2 Å². The van der Waals surface area contributed by atoms with Crippen LogP contribution in [0.1, 0.15) is 17.5 Å². The van der Waals surface area contributed by atoms with Crippen LogP contribution in [0.3, 0.4) is 0 Å². The van der Waals surface area contributed by atoms with E-state index in [0.29, 0.717) is 16.9 Å². The third-order valence-electron chi connectivity index (χ3n) is 5.28. The lowest BCUT2D eigenvalue weighted by Crippen LogP contribution is -2.39. The minimum atomic E-state index is -0.612. The van der Waals surface area contributed by atoms with Crippen LogP contribution in [0.5, 0.6) is 11.8 Å². The molecule has 0 fully saturated rings. The third kappa shape index (κ3) is 4.42. The number of aromatic nitrogens is 4. The van der Waals surface area contributed by atoms with E-state index in [0.717, 1.165) is 4.57 Å². The van der Waals surface area contributed by atoms with Crippen LogP contribution in [0.15, 0.2) is 58.1 Å². The Bertz CT molecular complexity index is 1390. The molecule has 4 rings (SSSR count). The summed E-state index contributed by atoms with van der Waals surface area (Å²) in [5, 5.41) is 9.15. The number of rotatable bonds is 8. The molecule has 0 aliphatic carbocycles. The molecule has 0 radical (unpaired) electrons. The molecule has 10 heteroatoms. The van der Waals surface area contributed by atoms with Gasteiger partial charge in [0.1, 0.15) is 18.2 Å². The van der Waals surface area contributed by atoms with E-state index >= 15 is 0 Å². The zero-order valence-electron chi connectivity index (χ0n) is 17.9. The zero-order valence-corrected chi connectivity index (χ0v) is 17.9. The van der Waals surface area contributed by atoms with Crippen LogP contribution in [-0.4, -0.2) is 30.4 Å². The molecule has 0 aliphatic heterocycles. The summed E-state index contributed by atoms with van der Waals surface area (Å²) < 4.78 is 36.0. The highest BCUT2D eigenvalue weighted by Crippen LogP contribution is 2.25. The highest BCUT2D eigenvalue weighted by atomic mass is 19.1. The van der Waals surface area contributed by atoms with Crippen LogP contribution in [0, 0.1) is 5.82 Å². The fourth-order valence-corrected chi connectivity index (χ4v) is 3.53. The number of aliphatic hydroxyl groups is 1. The fraction of sp³-hybridized carbons (Fsp3) is 0.261. The summed E-state index contributed by atoms with van der Waals surface area (Å²) in [5.74, 6) is -0.0270. The zero-order chi connectivity index (χ0) is 23.5. The summed E-state index contributed by atoms with van der Waals surface area (Å²) in [6.45, 7) is -0.618. The van der Waals surface area contributed by atoms with Gasteiger partial charge in [0.15, 0.2) is 11.2 Å². The average molecular weight is 456 g/mol. The second kappa shape index (κ2) is 9.37. The van der Waals surface area contributed by atoms with Crippen molar-refractivity contribution in [3.05, 3.63) is 86.3 Å². The molecular weight excluding hydrogens is 434 g/mol. The Labute approximate surface area is 186 Å². The first-order valence-electron chi connectivity index (χ1n) is 10.3. The van der Waals surface area contributed by atoms with Gasteiger partial charge in [0.05, 0.1) is 6.54 Å². The van der Waals surface area contributed by atoms with Gasteiger partial charge >= 0.3 is 11.7 Å². The SMILES string of the molecule is Cn1c(=O)n(CCCO)c(=O)c2c1nc(Oc1ccc(CF)cc1)n2Cc1ccc(F)cc1. The maximum Gasteiger partial charge on any atom is 0.332 e. The number of aryl methyl sites for hydroxylation is 1. The van der Waals surface area contributed by atoms with Crippen molar-refractivity contribution in [2.75, 3.05) is 6.61 Å². The molecule has 0 aliphatic rings. The topological polar surface area (TPSA) is 91.3 Å². The Morgan fingerprint density at radius 1 is 1.00 bits per heavy atom. The second-order valence-electron chi connectivity index (χ2n) is 7.53. The number of hydrogen-bond acceptors (Lipinski definition) is 5. The van der Waals surface area contributed by atoms with Crippen molar-refractivity contribution >= 4 is 11.2 Å². The molecule has 0 saturated carbocycles. The molecule has 0 bridgehead atoms. The van der Waals surface area contributed by atoms with E-state index in [1.54, 1.807) is 36.4 Å². The van der Waals surface area contributed by atoms with Crippen molar-refractivity contribution in [1.29, 1.82) is 0 Å². The molecule has 0 atom stereocenters. The van der Waals surface area contributed by atoms with Gasteiger partial charge in [-0.1, -0.05) is 24.3 Å². The Hall–Kier alpha value is -3.79. The lowest BCUT2D eigenvalue weighted by Gasteiger charge is -2.11. The van der Waals surface area contributed by atoms with Gasteiger partial charge in [0, 0.05) is 20.2 Å². The summed E-state index contributed by atoms with van der Waals surface area (Å²) in [6, 6.07) is 12.1. The van der Waals surface area contributed by atoms with Gasteiger partial charge < -0.3 is 9.84 Å². The van der Waals surface area contributed by atoms with E-state index in [9.17, 15) is 18.4 Å². The molecule has 2 aromatic heterocycles. The quantitative estimate of drug-likeness (QED) is 0.440. The number of alkyl halides is 1. The Balaban J connectivity index is 1.90. The summed E-state index contributed by atoms with van der Waals surface area (Å²) in [6.07, 6.45) is 0.233. The molecule has 4 aromatic rings. The first-order chi connectivity index (χ1) is 15.9. The maximum atomic E-state index is 13.4. The van der Waals surface area contributed by atoms with Gasteiger partial charge in [-0.15, -0.1) is 0 Å². The third-order valence-corrected chi connectivity index (χ3v) is 5.28. The van der Waals surface area contributed by atoms with Gasteiger partial charge in [-0.25, -0.2) is 13.6 Å². The van der Waals surface area contributed by atoms with Crippen molar-refractivity contribution in [3.63, 3.8) is 0 Å². The monoisotopic (exact) mass is 456 g/mol. The van der Waals surface area contributed by atoms with Gasteiger partial charge in [-0.3, -0.25) is 18.5 Å². The molecule has 8 nitrogen and oxygen atoms in total. The van der Waals surface area contributed by atoms with Crippen LogP contribution in [0.4, 0.5) is 8.78 Å². The summed E-state index contributed by atoms with van der Waals surface area (Å²) in [5.41, 5.74) is 0.294. The second-order valence-corrected chi connectivity index (χ2v) is 7.53. The highest BCUT2D eigenvalue weighted by molar-refractivity contribution is 5.72. The standard InChI is InChI=1S/C23H22F2N4O4/c1-27-20-19(21(31)28(23(27)32)11-2-12-30)29(14-16-3-7-17(25)8-4-16)22(26-20)33-18-9-5-15(13-24)6-10-18/h3-10,30H,2,11-14H2,1H3. The van der Waals surface area contributed by atoms with E-state index in [-0.39, 0.29) is 43.3 Å². The van der Waals surface area contributed by atoms with Crippen LogP contribution in [-0.2, 0) is 26.8 Å². The van der Waals surface area contributed by atoms with Crippen LogP contribution < -0.4 is 16.0 Å². The number of benzene rings is 2. The lowest BCUT2D eigenvalue weighted by atomic mass is 10.2. The molecular formula is C23H22F2N4O4. The van der Waals surface area contributed by atoms with E-state index in [1.807, 2.05) is 0 Å². The predicted octanol–water partition coefficient (Wildman–Crippen LogP) is 2.73. The average Bonchev–Trinajstić information content (AvgIpc) is 3.17. The van der Waals surface area contributed by atoms with Crippen molar-refractivity contribution in [2.45, 2.75) is 26.2 Å². The molecule has 2 heterocycles. The van der Waals surface area contributed by atoms with Gasteiger partial charge in [0.2, 0.25) is 0 Å². The summed E-state index contributed by atoms with van der Waals surface area (Å²) in [4.78, 5) is 30.4. The lowest BCUT2D eigenvalue weighted by molar-refractivity contribution is 0.277. The fourth-order valence-electron chi connectivity index (χ4n) is 3.53. The molecule has 1 N–H and O–H groups in total. The first kappa shape index (κ1) is 22.4. The number of nitrogens with zero attached hydrogens (tertiary/aromatic N) is 4. The number of imidazole rings is 1. The van der Waals surface area contributed by atoms with Crippen molar-refractivity contribution in [3.8, 4) is 11.8 Å². The van der Waals surface area contributed by atoms with Crippen molar-refractivity contribution in [1.82, 2.24) is 18.7 Å². The van der Waals surface area contributed by atoms with E-state index in [1.165, 1.54) is 28.3 Å². The van der Waals surface area contributed by atoms with E-state index < -0.39 is 23.7 Å². The van der Waals surface area contributed by atoms with Gasteiger partial charge in [-0.2, -0.15) is 4.98 Å². The van der Waals surface area contributed by atoms with Gasteiger partial charge in [-0.05, 0) is 41.8 Å². The minimum absolute atomic E-state index is 0.0422. The highest BCUT2D eigenvalue weighted by Gasteiger charge is 2.22. The minimum Gasteiger partial charge on any atom is -0.425 e. The number of halogens is 2. The number of fused-ring (bicyclic) bond motifs is 1. The normalized spacial score (nSPS) is 11.3. The summed E-state index contributed by atoms with van der Waals surface area (Å²) >= 11 is 0. The van der Waals surface area contributed by atoms with E-state index in [4.69, 9.17) is 9.84 Å².